The van der Waals surface area contributed by atoms with Gasteiger partial charge < -0.3 is 14.5 Å². The molecule has 0 saturated carbocycles. The first kappa shape index (κ1) is 11.2. The minimum atomic E-state index is 0.706. The topological polar surface area (TPSA) is 28.6 Å². The first-order chi connectivity index (χ1) is 7.75. The Balaban J connectivity index is 1.88. The quantitative estimate of drug-likeness (QED) is 0.748. The van der Waals surface area contributed by atoms with Crippen molar-refractivity contribution in [2.24, 2.45) is 0 Å². The number of ether oxygens (including phenoxy) is 1. The predicted octanol–water partition coefficient (Wildman–Crippen LogP) is 1.23. The molecule has 0 aromatic carbocycles. The van der Waals surface area contributed by atoms with Crippen LogP contribution in [0.25, 0.3) is 0 Å². The van der Waals surface area contributed by atoms with Gasteiger partial charge in [0.05, 0.1) is 18.1 Å². The van der Waals surface area contributed by atoms with Gasteiger partial charge >= 0.3 is 0 Å². The number of rotatable bonds is 5. The Labute approximate surface area is 96.8 Å². The van der Waals surface area contributed by atoms with E-state index in [1.54, 1.807) is 6.20 Å². The zero-order valence-corrected chi connectivity index (χ0v) is 10.0. The summed E-state index contributed by atoms with van der Waals surface area (Å²) in [4.78, 5) is 8.62. The van der Waals surface area contributed by atoms with Gasteiger partial charge in [0.25, 0.3) is 0 Å². The molecule has 1 fully saturated rings. The predicted molar refractivity (Wildman–Crippen MR) is 65.1 cm³/mol. The highest BCUT2D eigenvalue weighted by molar-refractivity contribution is 5.49. The van der Waals surface area contributed by atoms with Crippen molar-refractivity contribution in [1.82, 2.24) is 9.88 Å². The molecule has 0 atom stereocenters. The Hall–Kier alpha value is -1.29. The molecule has 1 saturated heterocycles. The summed E-state index contributed by atoms with van der Waals surface area (Å²) in [5.41, 5.74) is 1.17. The lowest BCUT2D eigenvalue weighted by molar-refractivity contribution is 0.260. The molecule has 1 aliphatic heterocycles. The van der Waals surface area contributed by atoms with Crippen molar-refractivity contribution in [3.05, 3.63) is 18.5 Å². The van der Waals surface area contributed by atoms with Gasteiger partial charge in [-0.2, -0.15) is 0 Å². The maximum absolute atomic E-state index is 5.65. The Kier molecular flexibility index (Phi) is 3.62. The van der Waals surface area contributed by atoms with Gasteiger partial charge in [0.1, 0.15) is 12.4 Å². The van der Waals surface area contributed by atoms with Crippen molar-refractivity contribution < 1.29 is 4.74 Å². The molecule has 1 aromatic rings. The zero-order valence-electron chi connectivity index (χ0n) is 10.0. The minimum Gasteiger partial charge on any atom is -0.491 e. The summed E-state index contributed by atoms with van der Waals surface area (Å²) >= 11 is 0. The van der Waals surface area contributed by atoms with Gasteiger partial charge in [-0.25, -0.2) is 0 Å². The summed E-state index contributed by atoms with van der Waals surface area (Å²) in [6, 6.07) is 2.07. The Morgan fingerprint density at radius 2 is 2.19 bits per heavy atom. The average Bonchev–Trinajstić information content (AvgIpc) is 2.15. The molecular formula is C12H19N3O. The van der Waals surface area contributed by atoms with Gasteiger partial charge in [-0.3, -0.25) is 4.98 Å². The molecular weight excluding hydrogens is 202 g/mol. The van der Waals surface area contributed by atoms with Gasteiger partial charge in [-0.1, -0.05) is 0 Å². The molecule has 0 unspecified atom stereocenters. The molecule has 1 aliphatic rings. The van der Waals surface area contributed by atoms with Crippen LogP contribution in [0.2, 0.25) is 0 Å². The summed E-state index contributed by atoms with van der Waals surface area (Å²) in [6.45, 7) is 3.91. The van der Waals surface area contributed by atoms with Crippen LogP contribution in [0.4, 0.5) is 5.69 Å². The summed E-state index contributed by atoms with van der Waals surface area (Å²) in [6.07, 6.45) is 4.96. The summed E-state index contributed by atoms with van der Waals surface area (Å²) in [7, 11) is 4.08. The fourth-order valence-corrected chi connectivity index (χ4v) is 1.58. The van der Waals surface area contributed by atoms with E-state index in [-0.39, 0.29) is 0 Å². The van der Waals surface area contributed by atoms with Crippen LogP contribution in [0.5, 0.6) is 5.75 Å². The van der Waals surface area contributed by atoms with Gasteiger partial charge in [-0.05, 0) is 20.5 Å². The molecule has 16 heavy (non-hydrogen) atoms. The highest BCUT2D eigenvalue weighted by atomic mass is 16.5. The SMILES string of the molecule is CN(C)CCOc1cncc(N2CCC2)c1. The van der Waals surface area contributed by atoms with Crippen molar-refractivity contribution >= 4 is 5.69 Å². The van der Waals surface area contributed by atoms with Crippen molar-refractivity contribution in [3.8, 4) is 5.75 Å². The van der Waals surface area contributed by atoms with Crippen LogP contribution in [0.15, 0.2) is 18.5 Å². The molecule has 0 radical (unpaired) electrons. The number of hydrogen-bond acceptors (Lipinski definition) is 4. The van der Waals surface area contributed by atoms with Crippen molar-refractivity contribution in [3.63, 3.8) is 0 Å². The average molecular weight is 221 g/mol. The van der Waals surface area contributed by atoms with E-state index in [2.05, 4.69) is 20.9 Å². The third kappa shape index (κ3) is 2.85. The number of aromatic nitrogens is 1. The number of hydrogen-bond donors (Lipinski definition) is 0. The lowest BCUT2D eigenvalue weighted by Crippen LogP contribution is -2.37. The highest BCUT2D eigenvalue weighted by Crippen LogP contribution is 2.23. The van der Waals surface area contributed by atoms with Crippen LogP contribution in [-0.2, 0) is 0 Å². The van der Waals surface area contributed by atoms with Crippen molar-refractivity contribution in [2.45, 2.75) is 6.42 Å². The van der Waals surface area contributed by atoms with E-state index in [1.165, 1.54) is 12.1 Å². The third-order valence-electron chi connectivity index (χ3n) is 2.73. The largest absolute Gasteiger partial charge is 0.491 e. The fourth-order valence-electron chi connectivity index (χ4n) is 1.58. The highest BCUT2D eigenvalue weighted by Gasteiger charge is 2.14. The second kappa shape index (κ2) is 5.16. The Morgan fingerprint density at radius 1 is 1.38 bits per heavy atom. The van der Waals surface area contributed by atoms with Crippen LogP contribution in [0.1, 0.15) is 6.42 Å². The summed E-state index contributed by atoms with van der Waals surface area (Å²) < 4.78 is 5.65. The van der Waals surface area contributed by atoms with E-state index in [0.717, 1.165) is 25.4 Å². The number of anilines is 1. The minimum absolute atomic E-state index is 0.706. The first-order valence-corrected chi connectivity index (χ1v) is 5.73. The van der Waals surface area contributed by atoms with Crippen molar-refractivity contribution in [1.29, 1.82) is 0 Å². The maximum Gasteiger partial charge on any atom is 0.139 e. The lowest BCUT2D eigenvalue weighted by atomic mass is 10.2. The molecule has 88 valence electrons. The monoisotopic (exact) mass is 221 g/mol. The van der Waals surface area contributed by atoms with E-state index >= 15 is 0 Å². The maximum atomic E-state index is 5.65. The van der Waals surface area contributed by atoms with Gasteiger partial charge in [0, 0.05) is 25.7 Å². The zero-order chi connectivity index (χ0) is 11.4. The van der Waals surface area contributed by atoms with Crippen LogP contribution >= 0.6 is 0 Å². The fraction of sp³-hybridized carbons (Fsp3) is 0.583. The normalized spacial score (nSPS) is 15.1. The second-order valence-corrected chi connectivity index (χ2v) is 4.37. The molecule has 0 aliphatic carbocycles. The van der Waals surface area contributed by atoms with Gasteiger partial charge in [-0.15, -0.1) is 0 Å². The van der Waals surface area contributed by atoms with Crippen LogP contribution < -0.4 is 9.64 Å². The molecule has 4 nitrogen and oxygen atoms in total. The number of nitrogens with zero attached hydrogens (tertiary/aromatic N) is 3. The van der Waals surface area contributed by atoms with Crippen LogP contribution in [0, 0.1) is 0 Å². The molecule has 0 N–H and O–H groups in total. The number of pyridine rings is 1. The summed E-state index contributed by atoms with van der Waals surface area (Å²) in [5, 5.41) is 0. The van der Waals surface area contributed by atoms with E-state index in [4.69, 9.17) is 4.74 Å². The molecule has 2 rings (SSSR count). The van der Waals surface area contributed by atoms with Gasteiger partial charge in [0.2, 0.25) is 0 Å². The standard InChI is InChI=1S/C12H19N3O/c1-14(2)6-7-16-12-8-11(9-13-10-12)15-4-3-5-15/h8-10H,3-7H2,1-2H3. The third-order valence-corrected chi connectivity index (χ3v) is 2.73. The molecule has 0 spiro atoms. The van der Waals surface area contributed by atoms with Crippen molar-refractivity contribution in [2.75, 3.05) is 45.2 Å². The lowest BCUT2D eigenvalue weighted by Gasteiger charge is -2.32. The van der Waals surface area contributed by atoms with Crippen LogP contribution in [0.3, 0.4) is 0 Å². The molecule has 0 amide bonds. The first-order valence-electron chi connectivity index (χ1n) is 5.73. The van der Waals surface area contributed by atoms with E-state index in [1.807, 2.05) is 20.3 Å². The van der Waals surface area contributed by atoms with Crippen LogP contribution in [-0.4, -0.2) is 50.2 Å². The Morgan fingerprint density at radius 3 is 2.81 bits per heavy atom. The number of likely N-dealkylation sites (N-methyl/N-ethyl adjacent to an activating group) is 1. The van der Waals surface area contributed by atoms with E-state index in [9.17, 15) is 0 Å². The second-order valence-electron chi connectivity index (χ2n) is 4.37. The van der Waals surface area contributed by atoms with E-state index < -0.39 is 0 Å². The molecule has 2 heterocycles. The van der Waals surface area contributed by atoms with Gasteiger partial charge in [0.15, 0.2) is 0 Å². The molecule has 4 heteroatoms. The smallest absolute Gasteiger partial charge is 0.139 e. The molecule has 1 aromatic heterocycles. The summed E-state index contributed by atoms with van der Waals surface area (Å²) in [5.74, 6) is 0.867. The molecule has 0 bridgehead atoms. The Bertz CT molecular complexity index is 337. The van der Waals surface area contributed by atoms with E-state index in [0.29, 0.717) is 6.61 Å².